The first kappa shape index (κ1) is 14.8. The van der Waals surface area contributed by atoms with Gasteiger partial charge in [-0.3, -0.25) is 4.79 Å². The van der Waals surface area contributed by atoms with Gasteiger partial charge < -0.3 is 10.6 Å². The molecule has 0 spiro atoms. The van der Waals surface area contributed by atoms with Crippen LogP contribution >= 0.6 is 11.8 Å². The third-order valence-corrected chi connectivity index (χ3v) is 4.67. The third kappa shape index (κ3) is 4.88. The zero-order chi connectivity index (χ0) is 12.7. The van der Waals surface area contributed by atoms with Crippen molar-refractivity contribution in [2.45, 2.75) is 57.2 Å². The Morgan fingerprint density at radius 1 is 1.41 bits per heavy atom. The van der Waals surface area contributed by atoms with E-state index in [1.807, 2.05) is 0 Å². The summed E-state index contributed by atoms with van der Waals surface area (Å²) >= 11 is 1.68. The van der Waals surface area contributed by atoms with Crippen LogP contribution in [0.1, 0.15) is 46.0 Å². The lowest BCUT2D eigenvalue weighted by molar-refractivity contribution is -0.131. The van der Waals surface area contributed by atoms with Gasteiger partial charge in [-0.15, -0.1) is 11.8 Å². The van der Waals surface area contributed by atoms with Crippen molar-refractivity contribution in [3.05, 3.63) is 0 Å². The number of hydrogen-bond donors (Lipinski definition) is 1. The fourth-order valence-electron chi connectivity index (χ4n) is 2.40. The topological polar surface area (TPSA) is 46.3 Å². The van der Waals surface area contributed by atoms with E-state index in [2.05, 4.69) is 18.7 Å². The number of hydrogen-bond acceptors (Lipinski definition) is 3. The third-order valence-electron chi connectivity index (χ3n) is 3.50. The summed E-state index contributed by atoms with van der Waals surface area (Å²) in [4.78, 5) is 14.2. The van der Waals surface area contributed by atoms with Gasteiger partial charge in [-0.05, 0) is 19.8 Å². The van der Waals surface area contributed by atoms with Gasteiger partial charge in [0.25, 0.3) is 0 Å². The van der Waals surface area contributed by atoms with Gasteiger partial charge in [0.2, 0.25) is 5.91 Å². The molecule has 0 saturated heterocycles. The molecule has 100 valence electrons. The first-order valence-corrected chi connectivity index (χ1v) is 7.85. The lowest BCUT2D eigenvalue weighted by atomic mass is 9.94. The van der Waals surface area contributed by atoms with E-state index in [1.165, 1.54) is 32.1 Å². The maximum Gasteiger partial charge on any atom is 0.232 e. The summed E-state index contributed by atoms with van der Waals surface area (Å²) in [5.74, 6) is 0.882. The Balaban J connectivity index is 2.39. The molecule has 0 bridgehead atoms. The highest BCUT2D eigenvalue weighted by atomic mass is 32.2. The van der Waals surface area contributed by atoms with Gasteiger partial charge in [0.05, 0.1) is 5.75 Å². The predicted octanol–water partition coefficient (Wildman–Crippen LogP) is 2.25. The van der Waals surface area contributed by atoms with Gasteiger partial charge in [-0.25, -0.2) is 0 Å². The zero-order valence-electron chi connectivity index (χ0n) is 11.2. The van der Waals surface area contributed by atoms with Crippen LogP contribution in [0, 0.1) is 0 Å². The van der Waals surface area contributed by atoms with E-state index < -0.39 is 0 Å². The lowest BCUT2D eigenvalue weighted by Gasteiger charge is -2.33. The van der Waals surface area contributed by atoms with E-state index in [0.29, 0.717) is 29.5 Å². The minimum atomic E-state index is 0.296. The number of nitrogens with zero attached hydrogens (tertiary/aromatic N) is 1. The first-order valence-electron chi connectivity index (χ1n) is 6.80. The molecule has 1 rings (SSSR count). The fourth-order valence-corrected chi connectivity index (χ4v) is 3.12. The van der Waals surface area contributed by atoms with E-state index in [9.17, 15) is 4.79 Å². The molecule has 17 heavy (non-hydrogen) atoms. The molecule has 0 heterocycles. The molecule has 1 aliphatic rings. The Morgan fingerprint density at radius 2 is 2.06 bits per heavy atom. The van der Waals surface area contributed by atoms with Gasteiger partial charge in [0.15, 0.2) is 0 Å². The standard InChI is InChI=1S/C13H26N2OS/c1-3-15(12-7-5-4-6-8-12)13(16)10-17-11(2)9-14/h11-12H,3-10,14H2,1-2H3. The van der Waals surface area contributed by atoms with Crippen LogP contribution in [0.15, 0.2) is 0 Å². The molecule has 1 amide bonds. The van der Waals surface area contributed by atoms with Crippen molar-refractivity contribution in [2.24, 2.45) is 5.73 Å². The van der Waals surface area contributed by atoms with Crippen molar-refractivity contribution in [3.8, 4) is 0 Å². The molecule has 0 aromatic heterocycles. The van der Waals surface area contributed by atoms with E-state index >= 15 is 0 Å². The average Bonchev–Trinajstić information content (AvgIpc) is 2.38. The highest BCUT2D eigenvalue weighted by molar-refractivity contribution is 8.00. The second-order valence-electron chi connectivity index (χ2n) is 4.83. The van der Waals surface area contributed by atoms with Crippen LogP contribution in [-0.4, -0.2) is 40.9 Å². The van der Waals surface area contributed by atoms with Crippen molar-refractivity contribution >= 4 is 17.7 Å². The van der Waals surface area contributed by atoms with Crippen LogP contribution < -0.4 is 5.73 Å². The molecule has 2 N–H and O–H groups in total. The number of carbonyl (C=O) groups excluding carboxylic acids is 1. The van der Waals surface area contributed by atoms with Crippen LogP contribution in [0.3, 0.4) is 0 Å². The number of nitrogens with two attached hydrogens (primary N) is 1. The van der Waals surface area contributed by atoms with Gasteiger partial charge in [0, 0.05) is 24.4 Å². The van der Waals surface area contributed by atoms with Crippen LogP contribution in [0.2, 0.25) is 0 Å². The molecule has 1 aliphatic carbocycles. The van der Waals surface area contributed by atoms with Crippen LogP contribution in [-0.2, 0) is 4.79 Å². The maximum absolute atomic E-state index is 12.2. The molecular formula is C13H26N2OS. The minimum Gasteiger partial charge on any atom is -0.339 e. The first-order chi connectivity index (χ1) is 8.19. The Bertz CT molecular complexity index is 229. The minimum absolute atomic E-state index is 0.296. The summed E-state index contributed by atoms with van der Waals surface area (Å²) in [5.41, 5.74) is 5.56. The maximum atomic E-state index is 12.2. The van der Waals surface area contributed by atoms with Crippen LogP contribution in [0.5, 0.6) is 0 Å². The molecule has 4 heteroatoms. The zero-order valence-corrected chi connectivity index (χ0v) is 12.0. The van der Waals surface area contributed by atoms with E-state index in [4.69, 9.17) is 5.73 Å². The van der Waals surface area contributed by atoms with Crippen LogP contribution in [0.4, 0.5) is 0 Å². The Hall–Kier alpha value is -0.220. The summed E-state index contributed by atoms with van der Waals surface area (Å²) in [6.07, 6.45) is 6.27. The molecule has 0 aliphatic heterocycles. The van der Waals surface area contributed by atoms with E-state index in [0.717, 1.165) is 6.54 Å². The number of thioether (sulfide) groups is 1. The van der Waals surface area contributed by atoms with Crippen molar-refractivity contribution < 1.29 is 4.79 Å². The SMILES string of the molecule is CCN(C(=O)CSC(C)CN)C1CCCCC1. The molecule has 0 radical (unpaired) electrons. The largest absolute Gasteiger partial charge is 0.339 e. The molecule has 0 aromatic rings. The molecule has 0 aromatic carbocycles. The Morgan fingerprint density at radius 3 is 2.59 bits per heavy atom. The Labute approximate surface area is 109 Å². The van der Waals surface area contributed by atoms with Crippen molar-refractivity contribution in [3.63, 3.8) is 0 Å². The number of amides is 1. The van der Waals surface area contributed by atoms with E-state index in [1.54, 1.807) is 11.8 Å². The fraction of sp³-hybridized carbons (Fsp3) is 0.923. The molecule has 1 unspecified atom stereocenters. The second-order valence-corrected chi connectivity index (χ2v) is 6.26. The molecule has 1 fully saturated rings. The predicted molar refractivity (Wildman–Crippen MR) is 75.2 cm³/mol. The summed E-state index contributed by atoms with van der Waals surface area (Å²) in [6, 6.07) is 0.495. The lowest BCUT2D eigenvalue weighted by Crippen LogP contribution is -2.42. The summed E-state index contributed by atoms with van der Waals surface area (Å²) in [7, 11) is 0. The number of rotatable bonds is 6. The van der Waals surface area contributed by atoms with Gasteiger partial charge in [-0.1, -0.05) is 26.2 Å². The highest BCUT2D eigenvalue weighted by Crippen LogP contribution is 2.23. The normalized spacial score (nSPS) is 19.0. The van der Waals surface area contributed by atoms with Crippen molar-refractivity contribution in [1.82, 2.24) is 4.90 Å². The highest BCUT2D eigenvalue weighted by Gasteiger charge is 2.23. The average molecular weight is 258 g/mol. The smallest absolute Gasteiger partial charge is 0.232 e. The summed E-state index contributed by atoms with van der Waals surface area (Å²) < 4.78 is 0. The van der Waals surface area contributed by atoms with Crippen molar-refractivity contribution in [2.75, 3.05) is 18.8 Å². The molecule has 1 saturated carbocycles. The van der Waals surface area contributed by atoms with Crippen molar-refractivity contribution in [1.29, 1.82) is 0 Å². The van der Waals surface area contributed by atoms with Crippen LogP contribution in [0.25, 0.3) is 0 Å². The van der Waals surface area contributed by atoms with E-state index in [-0.39, 0.29) is 0 Å². The monoisotopic (exact) mass is 258 g/mol. The summed E-state index contributed by atoms with van der Waals surface area (Å²) in [5, 5.41) is 0.379. The van der Waals surface area contributed by atoms with Gasteiger partial charge >= 0.3 is 0 Å². The Kier molecular flexibility index (Phi) is 6.97. The molecule has 3 nitrogen and oxygen atoms in total. The second kappa shape index (κ2) is 7.98. The molecular weight excluding hydrogens is 232 g/mol. The van der Waals surface area contributed by atoms with Gasteiger partial charge in [0.1, 0.15) is 0 Å². The summed E-state index contributed by atoms with van der Waals surface area (Å²) in [6.45, 7) is 5.66. The quantitative estimate of drug-likeness (QED) is 0.795. The number of carbonyl (C=O) groups is 1. The molecule has 1 atom stereocenters. The van der Waals surface area contributed by atoms with Gasteiger partial charge in [-0.2, -0.15) is 0 Å².